The summed E-state index contributed by atoms with van der Waals surface area (Å²) in [6.45, 7) is 3.71. The number of imidazole rings is 1. The third-order valence-corrected chi connectivity index (χ3v) is 4.07. The molecule has 0 aliphatic rings. The summed E-state index contributed by atoms with van der Waals surface area (Å²) in [5.41, 5.74) is 1.93. The number of benzene rings is 1. The molecule has 0 saturated heterocycles. The van der Waals surface area contributed by atoms with E-state index in [0.29, 0.717) is 5.88 Å². The SMILES string of the molecule is CCNCc1c(Oc2ccccc2I)nc2ccccn12. The topological polar surface area (TPSA) is 38.6 Å². The lowest BCUT2D eigenvalue weighted by Crippen LogP contribution is -2.14. The zero-order valence-electron chi connectivity index (χ0n) is 11.7. The van der Waals surface area contributed by atoms with Crippen molar-refractivity contribution in [2.24, 2.45) is 0 Å². The van der Waals surface area contributed by atoms with Gasteiger partial charge in [0.2, 0.25) is 5.88 Å². The number of nitrogens with one attached hydrogen (secondary N) is 1. The second kappa shape index (κ2) is 6.44. The molecule has 0 atom stereocenters. The van der Waals surface area contributed by atoms with Crippen molar-refractivity contribution in [1.82, 2.24) is 14.7 Å². The number of rotatable bonds is 5. The Hall–Kier alpha value is -1.60. The van der Waals surface area contributed by atoms with Gasteiger partial charge in [-0.15, -0.1) is 0 Å². The van der Waals surface area contributed by atoms with Gasteiger partial charge in [0.05, 0.1) is 3.57 Å². The van der Waals surface area contributed by atoms with E-state index in [1.807, 2.05) is 48.7 Å². The van der Waals surface area contributed by atoms with Crippen LogP contribution in [0.25, 0.3) is 5.65 Å². The highest BCUT2D eigenvalue weighted by Crippen LogP contribution is 2.29. The smallest absolute Gasteiger partial charge is 0.242 e. The molecule has 5 heteroatoms. The molecule has 1 aromatic carbocycles. The lowest BCUT2D eigenvalue weighted by molar-refractivity contribution is 0.453. The van der Waals surface area contributed by atoms with Crippen LogP contribution in [0.15, 0.2) is 48.7 Å². The van der Waals surface area contributed by atoms with Crippen LogP contribution < -0.4 is 10.1 Å². The van der Waals surface area contributed by atoms with E-state index in [1.54, 1.807) is 0 Å². The quantitative estimate of drug-likeness (QED) is 0.670. The van der Waals surface area contributed by atoms with E-state index in [-0.39, 0.29) is 0 Å². The monoisotopic (exact) mass is 393 g/mol. The maximum Gasteiger partial charge on any atom is 0.242 e. The van der Waals surface area contributed by atoms with E-state index >= 15 is 0 Å². The van der Waals surface area contributed by atoms with Gasteiger partial charge in [-0.2, -0.15) is 4.98 Å². The minimum atomic E-state index is 0.659. The predicted octanol–water partition coefficient (Wildman–Crippen LogP) is 3.84. The van der Waals surface area contributed by atoms with Crippen molar-refractivity contribution in [3.63, 3.8) is 0 Å². The Morgan fingerprint density at radius 2 is 2.00 bits per heavy atom. The number of ether oxygens (including phenoxy) is 1. The Bertz CT molecular complexity index is 754. The standard InChI is InChI=1S/C16H16IN3O/c1-2-18-11-13-16(19-15-9-5-6-10-20(13)15)21-14-8-4-3-7-12(14)17/h3-10,18H,2,11H2,1H3. The minimum Gasteiger partial charge on any atom is -0.436 e. The third kappa shape index (κ3) is 3.03. The molecule has 0 spiro atoms. The second-order valence-corrected chi connectivity index (χ2v) is 5.77. The number of fused-ring (bicyclic) bond motifs is 1. The van der Waals surface area contributed by atoms with Gasteiger partial charge in [-0.1, -0.05) is 25.1 Å². The number of para-hydroxylation sites is 1. The summed E-state index contributed by atoms with van der Waals surface area (Å²) < 4.78 is 9.18. The van der Waals surface area contributed by atoms with E-state index in [1.165, 1.54) is 0 Å². The van der Waals surface area contributed by atoms with Crippen LogP contribution in [-0.2, 0) is 6.54 Å². The average Bonchev–Trinajstić information content (AvgIpc) is 2.85. The fraction of sp³-hybridized carbons (Fsp3) is 0.188. The molecule has 21 heavy (non-hydrogen) atoms. The molecular formula is C16H16IN3O. The maximum absolute atomic E-state index is 6.04. The van der Waals surface area contributed by atoms with Crippen LogP contribution in [0, 0.1) is 3.57 Å². The van der Waals surface area contributed by atoms with Crippen LogP contribution >= 0.6 is 22.6 Å². The molecule has 0 aliphatic heterocycles. The summed E-state index contributed by atoms with van der Waals surface area (Å²) >= 11 is 2.27. The molecule has 2 heterocycles. The lowest BCUT2D eigenvalue weighted by Gasteiger charge is -2.08. The summed E-state index contributed by atoms with van der Waals surface area (Å²) in [6, 6.07) is 13.9. The van der Waals surface area contributed by atoms with E-state index in [0.717, 1.165) is 33.8 Å². The molecule has 3 rings (SSSR count). The molecule has 4 nitrogen and oxygen atoms in total. The van der Waals surface area contributed by atoms with E-state index < -0.39 is 0 Å². The van der Waals surface area contributed by atoms with Crippen LogP contribution in [0.2, 0.25) is 0 Å². The number of hydrogen-bond donors (Lipinski definition) is 1. The van der Waals surface area contributed by atoms with E-state index in [9.17, 15) is 0 Å². The van der Waals surface area contributed by atoms with Crippen molar-refractivity contribution in [2.75, 3.05) is 6.54 Å². The number of halogens is 1. The highest BCUT2D eigenvalue weighted by atomic mass is 127. The third-order valence-electron chi connectivity index (χ3n) is 3.18. The van der Waals surface area contributed by atoms with E-state index in [2.05, 4.69) is 44.2 Å². The minimum absolute atomic E-state index is 0.659. The van der Waals surface area contributed by atoms with Gasteiger partial charge in [0.25, 0.3) is 0 Å². The largest absolute Gasteiger partial charge is 0.436 e. The summed E-state index contributed by atoms with van der Waals surface area (Å²) in [7, 11) is 0. The van der Waals surface area contributed by atoms with Crippen LogP contribution in [0.3, 0.4) is 0 Å². The van der Waals surface area contributed by atoms with Crippen LogP contribution in [0.5, 0.6) is 11.6 Å². The van der Waals surface area contributed by atoms with Crippen molar-refractivity contribution in [2.45, 2.75) is 13.5 Å². The summed E-state index contributed by atoms with van der Waals surface area (Å²) in [6.07, 6.45) is 2.01. The fourth-order valence-electron chi connectivity index (χ4n) is 2.14. The first kappa shape index (κ1) is 14.3. The van der Waals surface area contributed by atoms with Gasteiger partial charge in [0.1, 0.15) is 17.1 Å². The zero-order chi connectivity index (χ0) is 14.7. The molecule has 108 valence electrons. The van der Waals surface area contributed by atoms with Gasteiger partial charge < -0.3 is 10.1 Å². The van der Waals surface area contributed by atoms with Crippen molar-refractivity contribution in [3.05, 3.63) is 57.9 Å². The number of pyridine rings is 1. The molecular weight excluding hydrogens is 377 g/mol. The number of hydrogen-bond acceptors (Lipinski definition) is 3. The van der Waals surface area contributed by atoms with Gasteiger partial charge in [0.15, 0.2) is 0 Å². The Balaban J connectivity index is 2.02. The molecule has 0 fully saturated rings. The highest BCUT2D eigenvalue weighted by Gasteiger charge is 2.14. The van der Waals surface area contributed by atoms with Gasteiger partial charge in [0, 0.05) is 12.7 Å². The summed E-state index contributed by atoms with van der Waals surface area (Å²) in [5, 5.41) is 3.34. The predicted molar refractivity (Wildman–Crippen MR) is 91.8 cm³/mol. The zero-order valence-corrected chi connectivity index (χ0v) is 13.9. The molecule has 1 N–H and O–H groups in total. The molecule has 0 saturated carbocycles. The molecule has 0 aliphatic carbocycles. The van der Waals surface area contributed by atoms with Crippen LogP contribution in [0.1, 0.15) is 12.6 Å². The van der Waals surface area contributed by atoms with Crippen LogP contribution in [-0.4, -0.2) is 15.9 Å². The van der Waals surface area contributed by atoms with Crippen molar-refractivity contribution in [3.8, 4) is 11.6 Å². The van der Waals surface area contributed by atoms with Gasteiger partial charge in [-0.25, -0.2) is 0 Å². The second-order valence-electron chi connectivity index (χ2n) is 4.61. The number of nitrogens with zero attached hydrogens (tertiary/aromatic N) is 2. The van der Waals surface area contributed by atoms with Crippen molar-refractivity contribution >= 4 is 28.2 Å². The van der Waals surface area contributed by atoms with Crippen molar-refractivity contribution < 1.29 is 4.74 Å². The number of aromatic nitrogens is 2. The Morgan fingerprint density at radius 3 is 2.81 bits per heavy atom. The van der Waals surface area contributed by atoms with E-state index in [4.69, 9.17) is 4.74 Å². The highest BCUT2D eigenvalue weighted by molar-refractivity contribution is 14.1. The first-order valence-corrected chi connectivity index (χ1v) is 7.96. The Morgan fingerprint density at radius 1 is 1.19 bits per heavy atom. The summed E-state index contributed by atoms with van der Waals surface area (Å²) in [4.78, 5) is 4.60. The summed E-state index contributed by atoms with van der Waals surface area (Å²) in [5.74, 6) is 1.49. The molecule has 0 bridgehead atoms. The molecule has 0 amide bonds. The molecule has 3 aromatic rings. The average molecular weight is 393 g/mol. The van der Waals surface area contributed by atoms with Crippen molar-refractivity contribution in [1.29, 1.82) is 0 Å². The lowest BCUT2D eigenvalue weighted by atomic mass is 10.3. The normalized spacial score (nSPS) is 11.0. The van der Waals surface area contributed by atoms with Gasteiger partial charge in [-0.3, -0.25) is 4.40 Å². The first-order valence-electron chi connectivity index (χ1n) is 6.88. The molecule has 2 aromatic heterocycles. The first-order chi connectivity index (χ1) is 10.3. The van der Waals surface area contributed by atoms with Crippen LogP contribution in [0.4, 0.5) is 0 Å². The Kier molecular flexibility index (Phi) is 4.40. The fourth-order valence-corrected chi connectivity index (χ4v) is 2.64. The Labute approximate surface area is 137 Å². The maximum atomic E-state index is 6.04. The van der Waals surface area contributed by atoms with Gasteiger partial charge >= 0.3 is 0 Å². The molecule has 0 unspecified atom stereocenters. The van der Waals surface area contributed by atoms with Gasteiger partial charge in [-0.05, 0) is 53.4 Å². The molecule has 0 radical (unpaired) electrons.